The van der Waals surface area contributed by atoms with Crippen LogP contribution in [0.15, 0.2) is 12.1 Å². The molecule has 0 atom stereocenters. The highest BCUT2D eigenvalue weighted by molar-refractivity contribution is 5.51. The van der Waals surface area contributed by atoms with E-state index in [9.17, 15) is 8.78 Å². The number of alkyl halides is 2. The molecule has 1 saturated heterocycles. The lowest BCUT2D eigenvalue weighted by atomic mass is 9.89. The Morgan fingerprint density at radius 2 is 1.84 bits per heavy atom. The minimum atomic E-state index is -2.56. The molecule has 1 fully saturated rings. The molecule has 0 bridgehead atoms. The average molecular weight is 271 g/mol. The van der Waals surface area contributed by atoms with Crippen LogP contribution in [0.5, 0.6) is 11.5 Å². The summed E-state index contributed by atoms with van der Waals surface area (Å²) in [6, 6.07) is 3.38. The van der Waals surface area contributed by atoms with Crippen molar-refractivity contribution in [1.82, 2.24) is 5.32 Å². The maximum atomic E-state index is 13.1. The summed E-state index contributed by atoms with van der Waals surface area (Å²) < 4.78 is 36.5. The van der Waals surface area contributed by atoms with Crippen LogP contribution in [0.4, 0.5) is 8.78 Å². The molecule has 0 aromatic heterocycles. The molecule has 0 unspecified atom stereocenters. The van der Waals surface area contributed by atoms with Gasteiger partial charge in [-0.1, -0.05) is 0 Å². The predicted octanol–water partition coefficient (Wildman–Crippen LogP) is 3.11. The van der Waals surface area contributed by atoms with Gasteiger partial charge in [0.25, 0.3) is 6.43 Å². The molecule has 5 heteroatoms. The summed E-state index contributed by atoms with van der Waals surface area (Å²) in [5.74, 6) is 0.822. The van der Waals surface area contributed by atoms with Crippen molar-refractivity contribution in [3.63, 3.8) is 0 Å². The molecule has 0 radical (unpaired) electrons. The summed E-state index contributed by atoms with van der Waals surface area (Å²) in [7, 11) is 2.85. The molecule has 19 heavy (non-hydrogen) atoms. The van der Waals surface area contributed by atoms with E-state index < -0.39 is 6.43 Å². The molecule has 1 aromatic rings. The van der Waals surface area contributed by atoms with E-state index in [1.165, 1.54) is 14.2 Å². The van der Waals surface area contributed by atoms with Crippen LogP contribution in [0.2, 0.25) is 0 Å². The Labute approximate surface area is 111 Å². The molecule has 0 saturated carbocycles. The number of halogens is 2. The molecule has 106 valence electrons. The third-order valence-electron chi connectivity index (χ3n) is 3.58. The van der Waals surface area contributed by atoms with Gasteiger partial charge in [-0.3, -0.25) is 0 Å². The van der Waals surface area contributed by atoms with E-state index in [1.54, 1.807) is 6.07 Å². The van der Waals surface area contributed by atoms with Gasteiger partial charge < -0.3 is 14.8 Å². The van der Waals surface area contributed by atoms with Crippen LogP contribution in [-0.2, 0) is 0 Å². The maximum absolute atomic E-state index is 13.1. The normalized spacial score (nSPS) is 16.7. The lowest BCUT2D eigenvalue weighted by Crippen LogP contribution is -2.26. The molecule has 0 amide bonds. The predicted molar refractivity (Wildman–Crippen MR) is 69.3 cm³/mol. The van der Waals surface area contributed by atoms with Gasteiger partial charge in [0, 0.05) is 0 Å². The van der Waals surface area contributed by atoms with Crippen molar-refractivity contribution in [3.8, 4) is 11.5 Å². The number of benzene rings is 1. The summed E-state index contributed by atoms with van der Waals surface area (Å²) in [6.45, 7) is 1.84. The highest BCUT2D eigenvalue weighted by atomic mass is 19.3. The topological polar surface area (TPSA) is 30.5 Å². The molecule has 1 N–H and O–H groups in total. The Morgan fingerprint density at radius 3 is 2.37 bits per heavy atom. The summed E-state index contributed by atoms with van der Waals surface area (Å²) in [6.07, 6.45) is -0.651. The number of nitrogens with one attached hydrogen (secondary N) is 1. The van der Waals surface area contributed by atoms with Crippen LogP contribution in [-0.4, -0.2) is 27.3 Å². The number of piperidine rings is 1. The van der Waals surface area contributed by atoms with E-state index in [0.29, 0.717) is 11.7 Å². The Hall–Kier alpha value is -1.36. The SMILES string of the molecule is COc1cc(C2CCNCC2)cc(C(F)F)c1OC. The van der Waals surface area contributed by atoms with Gasteiger partial charge in [-0.2, -0.15) is 0 Å². The fraction of sp³-hybridized carbons (Fsp3) is 0.571. The standard InChI is InChI=1S/C14H19F2NO2/c1-18-12-8-10(9-3-5-17-6-4-9)7-11(14(15)16)13(12)19-2/h7-9,14,17H,3-6H2,1-2H3. The molecule has 1 aliphatic rings. The van der Waals surface area contributed by atoms with Crippen molar-refractivity contribution in [2.45, 2.75) is 25.2 Å². The first-order valence-electron chi connectivity index (χ1n) is 6.42. The number of hydrogen-bond acceptors (Lipinski definition) is 3. The number of methoxy groups -OCH3 is 2. The van der Waals surface area contributed by atoms with Crippen LogP contribution in [0.25, 0.3) is 0 Å². The van der Waals surface area contributed by atoms with E-state index in [2.05, 4.69) is 5.32 Å². The van der Waals surface area contributed by atoms with Gasteiger partial charge in [0.15, 0.2) is 11.5 Å². The fourth-order valence-corrected chi connectivity index (χ4v) is 2.57. The Morgan fingerprint density at radius 1 is 1.16 bits per heavy atom. The highest BCUT2D eigenvalue weighted by Crippen LogP contribution is 2.41. The van der Waals surface area contributed by atoms with Crippen LogP contribution < -0.4 is 14.8 Å². The minimum absolute atomic E-state index is 0.0876. The van der Waals surface area contributed by atoms with Crippen molar-refractivity contribution in [2.75, 3.05) is 27.3 Å². The van der Waals surface area contributed by atoms with Gasteiger partial charge >= 0.3 is 0 Å². The second-order valence-electron chi connectivity index (χ2n) is 4.67. The van der Waals surface area contributed by atoms with Crippen molar-refractivity contribution in [1.29, 1.82) is 0 Å². The minimum Gasteiger partial charge on any atom is -0.493 e. The zero-order valence-corrected chi connectivity index (χ0v) is 11.2. The number of hydrogen-bond donors (Lipinski definition) is 1. The monoisotopic (exact) mass is 271 g/mol. The van der Waals surface area contributed by atoms with Gasteiger partial charge in [-0.25, -0.2) is 8.78 Å². The van der Waals surface area contributed by atoms with E-state index in [0.717, 1.165) is 31.5 Å². The third-order valence-corrected chi connectivity index (χ3v) is 3.58. The largest absolute Gasteiger partial charge is 0.493 e. The molecule has 1 aliphatic heterocycles. The Kier molecular flexibility index (Phi) is 4.58. The van der Waals surface area contributed by atoms with Crippen LogP contribution >= 0.6 is 0 Å². The Bertz CT molecular complexity index is 432. The lowest BCUT2D eigenvalue weighted by Gasteiger charge is -2.24. The molecular weight excluding hydrogens is 252 g/mol. The first-order valence-corrected chi connectivity index (χ1v) is 6.42. The van der Waals surface area contributed by atoms with Crippen LogP contribution in [0.3, 0.4) is 0 Å². The van der Waals surface area contributed by atoms with E-state index >= 15 is 0 Å². The van der Waals surface area contributed by atoms with Crippen molar-refractivity contribution >= 4 is 0 Å². The zero-order valence-electron chi connectivity index (χ0n) is 11.2. The van der Waals surface area contributed by atoms with Gasteiger partial charge in [0.05, 0.1) is 19.8 Å². The first kappa shape index (κ1) is 14.1. The number of ether oxygens (including phenoxy) is 2. The molecule has 1 aromatic carbocycles. The highest BCUT2D eigenvalue weighted by Gasteiger charge is 2.23. The average Bonchev–Trinajstić information content (AvgIpc) is 2.46. The van der Waals surface area contributed by atoms with Crippen molar-refractivity contribution in [2.24, 2.45) is 0 Å². The van der Waals surface area contributed by atoms with E-state index in [4.69, 9.17) is 9.47 Å². The molecule has 1 heterocycles. The second kappa shape index (κ2) is 6.19. The van der Waals surface area contributed by atoms with Gasteiger partial charge in [0.2, 0.25) is 0 Å². The summed E-state index contributed by atoms with van der Waals surface area (Å²) in [5.41, 5.74) is 0.824. The lowest BCUT2D eigenvalue weighted by molar-refractivity contribution is 0.146. The van der Waals surface area contributed by atoms with E-state index in [1.807, 2.05) is 6.07 Å². The van der Waals surface area contributed by atoms with Crippen LogP contribution in [0.1, 0.15) is 36.3 Å². The summed E-state index contributed by atoms with van der Waals surface area (Å²) in [5, 5.41) is 3.27. The van der Waals surface area contributed by atoms with Crippen molar-refractivity contribution < 1.29 is 18.3 Å². The first-order chi connectivity index (χ1) is 9.17. The van der Waals surface area contributed by atoms with E-state index in [-0.39, 0.29) is 11.3 Å². The summed E-state index contributed by atoms with van der Waals surface area (Å²) in [4.78, 5) is 0. The second-order valence-corrected chi connectivity index (χ2v) is 4.67. The van der Waals surface area contributed by atoms with Crippen molar-refractivity contribution in [3.05, 3.63) is 23.3 Å². The molecular formula is C14H19F2NO2. The van der Waals surface area contributed by atoms with Gasteiger partial charge in [-0.05, 0) is 49.5 Å². The Balaban J connectivity index is 2.41. The fourth-order valence-electron chi connectivity index (χ4n) is 2.57. The smallest absolute Gasteiger partial charge is 0.267 e. The molecule has 3 nitrogen and oxygen atoms in total. The third kappa shape index (κ3) is 2.97. The van der Waals surface area contributed by atoms with Crippen LogP contribution in [0, 0.1) is 0 Å². The van der Waals surface area contributed by atoms with Gasteiger partial charge in [0.1, 0.15) is 0 Å². The number of rotatable bonds is 4. The molecule has 2 rings (SSSR count). The van der Waals surface area contributed by atoms with Gasteiger partial charge in [-0.15, -0.1) is 0 Å². The summed E-state index contributed by atoms with van der Waals surface area (Å²) >= 11 is 0. The maximum Gasteiger partial charge on any atom is 0.267 e. The quantitative estimate of drug-likeness (QED) is 0.912. The molecule has 0 spiro atoms. The molecule has 0 aliphatic carbocycles. The zero-order chi connectivity index (χ0) is 13.8.